The van der Waals surface area contributed by atoms with Gasteiger partial charge >= 0.3 is 5.97 Å². The number of nitrogens with one attached hydrogen (secondary N) is 2. The van der Waals surface area contributed by atoms with Crippen LogP contribution in [0.3, 0.4) is 0 Å². The van der Waals surface area contributed by atoms with E-state index in [1.165, 1.54) is 0 Å². The molecule has 1 aromatic heterocycles. The average molecular weight is 357 g/mol. The second-order valence-electron chi connectivity index (χ2n) is 5.54. The molecule has 0 spiro atoms. The van der Waals surface area contributed by atoms with Crippen LogP contribution in [0, 0.1) is 6.92 Å². The van der Waals surface area contributed by atoms with Crippen molar-refractivity contribution in [2.24, 2.45) is 0 Å². The molecular weight excluding hydrogens is 340 g/mol. The largest absolute Gasteiger partial charge is 0.462 e. The van der Waals surface area contributed by atoms with E-state index in [-0.39, 0.29) is 12.5 Å². The van der Waals surface area contributed by atoms with Gasteiger partial charge in [0.2, 0.25) is 0 Å². The number of halogens is 1. The first kappa shape index (κ1) is 17.0. The Labute approximate surface area is 149 Å². The van der Waals surface area contributed by atoms with Gasteiger partial charge in [-0.2, -0.15) is 0 Å². The molecule has 0 unspecified atom stereocenters. The van der Waals surface area contributed by atoms with E-state index in [0.717, 1.165) is 16.5 Å². The number of benzene rings is 2. The first-order valence-electron chi connectivity index (χ1n) is 7.86. The minimum absolute atomic E-state index is 0.267. The average Bonchev–Trinajstić information content (AvgIpc) is 2.92. The van der Waals surface area contributed by atoms with Crippen molar-refractivity contribution in [2.75, 3.05) is 11.9 Å². The lowest BCUT2D eigenvalue weighted by Gasteiger charge is -2.10. The van der Waals surface area contributed by atoms with Crippen LogP contribution in [0.4, 0.5) is 5.69 Å². The molecule has 0 aliphatic rings. The first-order valence-corrected chi connectivity index (χ1v) is 8.24. The second-order valence-corrected chi connectivity index (χ2v) is 5.97. The number of hydrogen-bond acceptors (Lipinski definition) is 3. The summed E-state index contributed by atoms with van der Waals surface area (Å²) < 4.78 is 5.03. The van der Waals surface area contributed by atoms with E-state index in [2.05, 4.69) is 10.3 Å². The van der Waals surface area contributed by atoms with Gasteiger partial charge in [-0.25, -0.2) is 4.79 Å². The van der Waals surface area contributed by atoms with Crippen LogP contribution in [-0.4, -0.2) is 23.5 Å². The normalized spacial score (nSPS) is 10.7. The highest BCUT2D eigenvalue weighted by Crippen LogP contribution is 2.26. The van der Waals surface area contributed by atoms with Gasteiger partial charge < -0.3 is 15.0 Å². The van der Waals surface area contributed by atoms with Crippen molar-refractivity contribution in [1.82, 2.24) is 4.98 Å². The number of hydrogen-bond donors (Lipinski definition) is 2. The minimum atomic E-state index is -0.474. The number of para-hydroxylation sites is 1. The fourth-order valence-corrected chi connectivity index (χ4v) is 2.86. The highest BCUT2D eigenvalue weighted by molar-refractivity contribution is 6.31. The topological polar surface area (TPSA) is 71.2 Å². The van der Waals surface area contributed by atoms with Crippen molar-refractivity contribution in [3.8, 4) is 0 Å². The lowest BCUT2D eigenvalue weighted by molar-refractivity contribution is 0.0527. The van der Waals surface area contributed by atoms with E-state index in [9.17, 15) is 9.59 Å². The number of amides is 1. The number of H-pyrrole nitrogens is 1. The molecule has 0 saturated carbocycles. The number of anilines is 1. The third-order valence-corrected chi connectivity index (χ3v) is 4.15. The zero-order chi connectivity index (χ0) is 18.0. The lowest BCUT2D eigenvalue weighted by atomic mass is 10.1. The Hall–Kier alpha value is -2.79. The fraction of sp³-hybridized carbons (Fsp3) is 0.158. The predicted octanol–water partition coefficient (Wildman–Crippen LogP) is 4.56. The molecule has 0 radical (unpaired) electrons. The van der Waals surface area contributed by atoms with E-state index in [0.29, 0.717) is 22.0 Å². The van der Waals surface area contributed by atoms with Gasteiger partial charge in [0, 0.05) is 15.9 Å². The summed E-state index contributed by atoms with van der Waals surface area (Å²) in [5.74, 6) is -0.805. The molecule has 2 N–H and O–H groups in total. The molecule has 128 valence electrons. The minimum Gasteiger partial charge on any atom is -0.462 e. The second kappa shape index (κ2) is 6.99. The van der Waals surface area contributed by atoms with Crippen molar-refractivity contribution >= 4 is 40.1 Å². The Bertz CT molecular complexity index is 962. The Kier molecular flexibility index (Phi) is 4.76. The highest BCUT2D eigenvalue weighted by Gasteiger charge is 2.18. The van der Waals surface area contributed by atoms with Crippen LogP contribution in [0.5, 0.6) is 0 Å². The zero-order valence-electron chi connectivity index (χ0n) is 13.9. The smallest absolute Gasteiger partial charge is 0.340 e. The fourth-order valence-electron chi connectivity index (χ4n) is 2.69. The van der Waals surface area contributed by atoms with Gasteiger partial charge in [-0.05, 0) is 49.7 Å². The third-order valence-electron chi connectivity index (χ3n) is 3.92. The molecule has 0 saturated heterocycles. The van der Waals surface area contributed by atoms with Crippen molar-refractivity contribution < 1.29 is 14.3 Å². The summed E-state index contributed by atoms with van der Waals surface area (Å²) in [6, 6.07) is 12.1. The van der Waals surface area contributed by atoms with Gasteiger partial charge in [0.15, 0.2) is 0 Å². The summed E-state index contributed by atoms with van der Waals surface area (Å²) in [5.41, 5.74) is 2.77. The molecule has 1 amide bonds. The number of esters is 1. The van der Waals surface area contributed by atoms with Crippen LogP contribution in [-0.2, 0) is 4.74 Å². The SMILES string of the molecule is CCOC(=O)c1ccccc1NC(=O)c1[nH]c2ccc(Cl)cc2c1C. The third kappa shape index (κ3) is 3.37. The molecule has 25 heavy (non-hydrogen) atoms. The molecule has 0 bridgehead atoms. The first-order chi connectivity index (χ1) is 12.0. The number of carbonyl (C=O) groups excluding carboxylic acids is 2. The summed E-state index contributed by atoms with van der Waals surface area (Å²) in [6.07, 6.45) is 0. The Morgan fingerprint density at radius 2 is 1.96 bits per heavy atom. The quantitative estimate of drug-likeness (QED) is 0.673. The van der Waals surface area contributed by atoms with Crippen LogP contribution in [0.25, 0.3) is 10.9 Å². The van der Waals surface area contributed by atoms with Crippen LogP contribution >= 0.6 is 11.6 Å². The molecule has 0 atom stereocenters. The summed E-state index contributed by atoms with van der Waals surface area (Å²) in [7, 11) is 0. The van der Waals surface area contributed by atoms with Crippen LogP contribution in [0.1, 0.15) is 33.3 Å². The molecule has 5 nitrogen and oxygen atoms in total. The number of aryl methyl sites for hydroxylation is 1. The van der Waals surface area contributed by atoms with Gasteiger partial charge in [0.05, 0.1) is 17.9 Å². The molecule has 0 aliphatic carbocycles. The Morgan fingerprint density at radius 3 is 2.72 bits per heavy atom. The molecule has 6 heteroatoms. The number of carbonyl (C=O) groups is 2. The molecule has 2 aromatic carbocycles. The van der Waals surface area contributed by atoms with E-state index in [1.807, 2.05) is 19.1 Å². The molecule has 1 heterocycles. The summed E-state index contributed by atoms with van der Waals surface area (Å²) >= 11 is 6.03. The monoisotopic (exact) mass is 356 g/mol. The van der Waals surface area contributed by atoms with E-state index in [1.54, 1.807) is 37.3 Å². The number of aromatic amines is 1. The number of rotatable bonds is 4. The van der Waals surface area contributed by atoms with Gasteiger partial charge in [-0.15, -0.1) is 0 Å². The van der Waals surface area contributed by atoms with Crippen LogP contribution < -0.4 is 5.32 Å². The van der Waals surface area contributed by atoms with E-state index in [4.69, 9.17) is 16.3 Å². The van der Waals surface area contributed by atoms with Crippen molar-refractivity contribution in [2.45, 2.75) is 13.8 Å². The van der Waals surface area contributed by atoms with Crippen molar-refractivity contribution in [1.29, 1.82) is 0 Å². The van der Waals surface area contributed by atoms with Gasteiger partial charge in [-0.3, -0.25) is 4.79 Å². The standard InChI is InChI=1S/C19H17ClN2O3/c1-3-25-19(24)13-6-4-5-7-15(13)22-18(23)17-11(2)14-10-12(20)8-9-16(14)21-17/h4-10,21H,3H2,1-2H3,(H,22,23). The maximum absolute atomic E-state index is 12.7. The molecule has 0 fully saturated rings. The molecule has 3 rings (SSSR count). The van der Waals surface area contributed by atoms with E-state index >= 15 is 0 Å². The van der Waals surface area contributed by atoms with Gasteiger partial charge in [0.1, 0.15) is 5.69 Å². The molecule has 3 aromatic rings. The van der Waals surface area contributed by atoms with Gasteiger partial charge in [0.25, 0.3) is 5.91 Å². The maximum Gasteiger partial charge on any atom is 0.340 e. The highest BCUT2D eigenvalue weighted by atomic mass is 35.5. The lowest BCUT2D eigenvalue weighted by Crippen LogP contribution is -2.17. The number of aromatic nitrogens is 1. The molecular formula is C19H17ClN2O3. The maximum atomic E-state index is 12.7. The number of fused-ring (bicyclic) bond motifs is 1. The van der Waals surface area contributed by atoms with Crippen molar-refractivity contribution in [3.05, 3.63) is 64.3 Å². The Balaban J connectivity index is 1.93. The van der Waals surface area contributed by atoms with Crippen LogP contribution in [0.15, 0.2) is 42.5 Å². The summed E-state index contributed by atoms with van der Waals surface area (Å²) in [5, 5.41) is 4.27. The molecule has 0 aliphatic heterocycles. The summed E-state index contributed by atoms with van der Waals surface area (Å²) in [6.45, 7) is 3.85. The summed E-state index contributed by atoms with van der Waals surface area (Å²) in [4.78, 5) is 27.8. The number of ether oxygens (including phenoxy) is 1. The van der Waals surface area contributed by atoms with E-state index < -0.39 is 5.97 Å². The van der Waals surface area contributed by atoms with Gasteiger partial charge in [-0.1, -0.05) is 23.7 Å². The zero-order valence-corrected chi connectivity index (χ0v) is 14.6. The predicted molar refractivity (Wildman–Crippen MR) is 98.4 cm³/mol. The van der Waals surface area contributed by atoms with Crippen molar-refractivity contribution in [3.63, 3.8) is 0 Å². The Morgan fingerprint density at radius 1 is 1.20 bits per heavy atom. The van der Waals surface area contributed by atoms with Crippen LogP contribution in [0.2, 0.25) is 5.02 Å².